The van der Waals surface area contributed by atoms with Gasteiger partial charge >= 0.3 is 0 Å². The van der Waals surface area contributed by atoms with Crippen LogP contribution >= 0.6 is 12.6 Å². The van der Waals surface area contributed by atoms with Crippen molar-refractivity contribution in [1.82, 2.24) is 10.2 Å². The van der Waals surface area contributed by atoms with Crippen LogP contribution in [0.25, 0.3) is 0 Å². The number of hydrogen-bond acceptors (Lipinski definition) is 5. The van der Waals surface area contributed by atoms with Crippen LogP contribution in [-0.2, 0) is 14.3 Å². The maximum Gasteiger partial charge on any atom is 0.246 e. The van der Waals surface area contributed by atoms with Gasteiger partial charge in [-0.25, -0.2) is 0 Å². The van der Waals surface area contributed by atoms with Gasteiger partial charge in [0.25, 0.3) is 0 Å². The summed E-state index contributed by atoms with van der Waals surface area (Å²) in [5, 5.41) is 11.6. The fraction of sp³-hybridized carbons (Fsp3) is 0.818. The number of nitrogens with one attached hydrogen (secondary N) is 1. The zero-order valence-corrected chi connectivity index (χ0v) is 11.5. The standard InChI is InChI=1S/C11H20N2O4S/c1-7-5-17-9(4-14)3-13(7)11(16)10(6-18)12-8(2)15/h7,9-10,14,18H,3-6H2,1-2H3,(H,12,15). The first-order chi connectivity index (χ1) is 8.49. The summed E-state index contributed by atoms with van der Waals surface area (Å²) in [5.41, 5.74) is 0. The highest BCUT2D eigenvalue weighted by Gasteiger charge is 2.33. The third-order valence-electron chi connectivity index (χ3n) is 2.85. The molecule has 1 aliphatic rings. The lowest BCUT2D eigenvalue weighted by atomic mass is 10.1. The minimum Gasteiger partial charge on any atom is -0.394 e. The van der Waals surface area contributed by atoms with E-state index in [4.69, 9.17) is 9.84 Å². The van der Waals surface area contributed by atoms with Crippen LogP contribution in [0.1, 0.15) is 13.8 Å². The van der Waals surface area contributed by atoms with Gasteiger partial charge in [-0.2, -0.15) is 12.6 Å². The Labute approximate surface area is 112 Å². The summed E-state index contributed by atoms with van der Waals surface area (Å²) < 4.78 is 5.36. The molecule has 2 amide bonds. The number of hydrogen-bond donors (Lipinski definition) is 3. The summed E-state index contributed by atoms with van der Waals surface area (Å²) in [5.74, 6) is -0.205. The molecule has 1 rings (SSSR count). The molecule has 0 aliphatic carbocycles. The van der Waals surface area contributed by atoms with Crippen LogP contribution in [0.4, 0.5) is 0 Å². The predicted molar refractivity (Wildman–Crippen MR) is 69.5 cm³/mol. The van der Waals surface area contributed by atoms with Crippen molar-refractivity contribution < 1.29 is 19.4 Å². The number of carbonyl (C=O) groups excluding carboxylic acids is 2. The van der Waals surface area contributed by atoms with Crippen LogP contribution < -0.4 is 5.32 Å². The quantitative estimate of drug-likeness (QED) is 0.577. The molecule has 3 atom stereocenters. The number of aliphatic hydroxyl groups excluding tert-OH is 1. The normalized spacial score (nSPS) is 25.7. The molecule has 2 N–H and O–H groups in total. The highest BCUT2D eigenvalue weighted by Crippen LogP contribution is 2.13. The van der Waals surface area contributed by atoms with E-state index in [9.17, 15) is 9.59 Å². The molecule has 1 fully saturated rings. The highest BCUT2D eigenvalue weighted by atomic mass is 32.1. The minimum atomic E-state index is -0.634. The monoisotopic (exact) mass is 276 g/mol. The van der Waals surface area contributed by atoms with Crippen molar-refractivity contribution in [3.8, 4) is 0 Å². The van der Waals surface area contributed by atoms with E-state index in [1.807, 2.05) is 6.92 Å². The van der Waals surface area contributed by atoms with Crippen molar-refractivity contribution in [2.24, 2.45) is 0 Å². The van der Waals surface area contributed by atoms with Crippen molar-refractivity contribution >= 4 is 24.4 Å². The Kier molecular flexibility index (Phi) is 5.90. The molecule has 104 valence electrons. The molecular weight excluding hydrogens is 256 g/mol. The van der Waals surface area contributed by atoms with Crippen molar-refractivity contribution in [2.45, 2.75) is 32.0 Å². The predicted octanol–water partition coefficient (Wildman–Crippen LogP) is -0.971. The third-order valence-corrected chi connectivity index (χ3v) is 3.22. The summed E-state index contributed by atoms with van der Waals surface area (Å²) in [6.07, 6.45) is -0.358. The fourth-order valence-corrected chi connectivity index (χ4v) is 2.11. The van der Waals surface area contributed by atoms with E-state index < -0.39 is 6.04 Å². The molecule has 3 unspecified atom stereocenters. The number of rotatable bonds is 4. The van der Waals surface area contributed by atoms with E-state index in [1.165, 1.54) is 6.92 Å². The lowest BCUT2D eigenvalue weighted by molar-refractivity contribution is -0.148. The summed E-state index contributed by atoms with van der Waals surface area (Å²) in [7, 11) is 0. The molecule has 1 aliphatic heterocycles. The number of nitrogens with zero attached hydrogens (tertiary/aromatic N) is 1. The van der Waals surface area contributed by atoms with Gasteiger partial charge < -0.3 is 20.1 Å². The molecule has 0 aromatic heterocycles. The van der Waals surface area contributed by atoms with Gasteiger partial charge in [-0.3, -0.25) is 9.59 Å². The number of amides is 2. The summed E-state index contributed by atoms with van der Waals surface area (Å²) in [6, 6.07) is -0.706. The van der Waals surface area contributed by atoms with Gasteiger partial charge in [-0.1, -0.05) is 0 Å². The Bertz CT molecular complexity index is 313. The fourth-order valence-electron chi connectivity index (χ4n) is 1.87. The Hall–Kier alpha value is -0.790. The van der Waals surface area contributed by atoms with E-state index in [2.05, 4.69) is 17.9 Å². The molecule has 6 nitrogen and oxygen atoms in total. The topological polar surface area (TPSA) is 78.9 Å². The average molecular weight is 276 g/mol. The molecule has 1 heterocycles. The Morgan fingerprint density at radius 3 is 2.78 bits per heavy atom. The van der Waals surface area contributed by atoms with Gasteiger partial charge in [0.2, 0.25) is 11.8 Å². The van der Waals surface area contributed by atoms with Gasteiger partial charge in [0.05, 0.1) is 25.4 Å². The van der Waals surface area contributed by atoms with Crippen LogP contribution in [-0.4, -0.2) is 65.5 Å². The van der Waals surface area contributed by atoms with Crippen LogP contribution in [0.15, 0.2) is 0 Å². The van der Waals surface area contributed by atoms with Crippen molar-refractivity contribution in [2.75, 3.05) is 25.5 Å². The molecule has 7 heteroatoms. The first-order valence-corrected chi connectivity index (χ1v) is 6.53. The van der Waals surface area contributed by atoms with Gasteiger partial charge in [0.15, 0.2) is 0 Å². The van der Waals surface area contributed by atoms with E-state index in [0.29, 0.717) is 13.2 Å². The number of carbonyl (C=O) groups is 2. The summed E-state index contributed by atoms with van der Waals surface area (Å²) in [4.78, 5) is 24.9. The number of ether oxygens (including phenoxy) is 1. The number of morpholine rings is 1. The van der Waals surface area contributed by atoms with E-state index in [1.54, 1.807) is 4.90 Å². The van der Waals surface area contributed by atoms with Gasteiger partial charge in [-0.05, 0) is 6.92 Å². The van der Waals surface area contributed by atoms with Crippen LogP contribution in [0.5, 0.6) is 0 Å². The summed E-state index contributed by atoms with van der Waals surface area (Å²) >= 11 is 4.08. The zero-order valence-electron chi connectivity index (χ0n) is 10.6. The number of aliphatic hydroxyl groups is 1. The van der Waals surface area contributed by atoms with Gasteiger partial charge in [0, 0.05) is 19.2 Å². The molecule has 0 aromatic carbocycles. The van der Waals surface area contributed by atoms with Crippen molar-refractivity contribution in [3.05, 3.63) is 0 Å². The first-order valence-electron chi connectivity index (χ1n) is 5.90. The summed E-state index contributed by atoms with van der Waals surface area (Å²) in [6.45, 7) is 3.83. The van der Waals surface area contributed by atoms with Crippen LogP contribution in [0.2, 0.25) is 0 Å². The maximum absolute atomic E-state index is 12.3. The van der Waals surface area contributed by atoms with E-state index in [-0.39, 0.29) is 36.3 Å². The Morgan fingerprint density at radius 1 is 1.61 bits per heavy atom. The molecular formula is C11H20N2O4S. The maximum atomic E-state index is 12.3. The molecule has 0 radical (unpaired) electrons. The van der Waals surface area contributed by atoms with E-state index >= 15 is 0 Å². The molecule has 1 saturated heterocycles. The molecule has 0 saturated carbocycles. The molecule has 0 aromatic rings. The Balaban J connectivity index is 2.69. The Morgan fingerprint density at radius 2 is 2.28 bits per heavy atom. The van der Waals surface area contributed by atoms with Crippen molar-refractivity contribution in [1.29, 1.82) is 0 Å². The molecule has 18 heavy (non-hydrogen) atoms. The number of thiol groups is 1. The van der Waals surface area contributed by atoms with Crippen molar-refractivity contribution in [3.63, 3.8) is 0 Å². The van der Waals surface area contributed by atoms with E-state index in [0.717, 1.165) is 0 Å². The smallest absolute Gasteiger partial charge is 0.246 e. The second kappa shape index (κ2) is 6.96. The minimum absolute atomic E-state index is 0.0727. The zero-order chi connectivity index (χ0) is 13.7. The second-order valence-electron chi connectivity index (χ2n) is 4.41. The molecule has 0 bridgehead atoms. The van der Waals surface area contributed by atoms with Crippen LogP contribution in [0.3, 0.4) is 0 Å². The highest BCUT2D eigenvalue weighted by molar-refractivity contribution is 7.80. The van der Waals surface area contributed by atoms with Gasteiger partial charge in [-0.15, -0.1) is 0 Å². The lowest BCUT2D eigenvalue weighted by Crippen LogP contribution is -2.58. The third kappa shape index (κ3) is 3.86. The van der Waals surface area contributed by atoms with Gasteiger partial charge in [0.1, 0.15) is 6.04 Å². The SMILES string of the molecule is CC(=O)NC(CS)C(=O)N1CC(CO)OCC1C. The average Bonchev–Trinajstić information content (AvgIpc) is 2.35. The molecule has 0 spiro atoms. The van der Waals surface area contributed by atoms with Crippen LogP contribution in [0, 0.1) is 0 Å². The first kappa shape index (κ1) is 15.3. The lowest BCUT2D eigenvalue weighted by Gasteiger charge is -2.39. The largest absolute Gasteiger partial charge is 0.394 e. The second-order valence-corrected chi connectivity index (χ2v) is 4.78.